The maximum Gasteiger partial charge on any atom is 0.0751 e. The SMILES string of the molecule is CC(=Cc1c(Br)c(C)nn1C)CC1CCCCN1. The molecule has 0 spiro atoms. The summed E-state index contributed by atoms with van der Waals surface area (Å²) in [6.45, 7) is 5.41. The van der Waals surface area contributed by atoms with E-state index in [9.17, 15) is 0 Å². The van der Waals surface area contributed by atoms with Crippen molar-refractivity contribution >= 4 is 22.0 Å². The average molecular weight is 312 g/mol. The third kappa shape index (κ3) is 3.23. The molecule has 1 fully saturated rings. The third-order valence-corrected chi connectivity index (χ3v) is 4.54. The van der Waals surface area contributed by atoms with Crippen LogP contribution in [0.1, 0.15) is 44.0 Å². The summed E-state index contributed by atoms with van der Waals surface area (Å²) in [5.41, 5.74) is 3.63. The van der Waals surface area contributed by atoms with E-state index in [1.165, 1.54) is 37.1 Å². The van der Waals surface area contributed by atoms with Crippen LogP contribution in [-0.4, -0.2) is 22.4 Å². The molecule has 0 radical (unpaired) electrons. The molecule has 2 rings (SSSR count). The first-order valence-corrected chi connectivity index (χ1v) is 7.47. The van der Waals surface area contributed by atoms with Crippen molar-refractivity contribution in [3.05, 3.63) is 21.4 Å². The minimum Gasteiger partial charge on any atom is -0.314 e. The van der Waals surface area contributed by atoms with Crippen LogP contribution in [-0.2, 0) is 7.05 Å². The molecule has 1 aliphatic heterocycles. The van der Waals surface area contributed by atoms with Gasteiger partial charge in [0.1, 0.15) is 0 Å². The number of piperidine rings is 1. The Labute approximate surface area is 118 Å². The fraction of sp³-hybridized carbons (Fsp3) is 0.643. The molecule has 1 unspecified atom stereocenters. The van der Waals surface area contributed by atoms with E-state index in [1.807, 2.05) is 18.7 Å². The molecule has 2 heterocycles. The second-order valence-corrected chi connectivity index (χ2v) is 6.04. The molecule has 0 bridgehead atoms. The van der Waals surface area contributed by atoms with Gasteiger partial charge in [-0.2, -0.15) is 5.10 Å². The van der Waals surface area contributed by atoms with E-state index >= 15 is 0 Å². The van der Waals surface area contributed by atoms with Gasteiger partial charge in [0.25, 0.3) is 0 Å². The van der Waals surface area contributed by atoms with Gasteiger partial charge in [0, 0.05) is 13.1 Å². The van der Waals surface area contributed by atoms with E-state index in [4.69, 9.17) is 0 Å². The molecule has 0 saturated carbocycles. The molecule has 4 heteroatoms. The van der Waals surface area contributed by atoms with Crippen molar-refractivity contribution in [2.24, 2.45) is 7.05 Å². The molecule has 0 aliphatic carbocycles. The van der Waals surface area contributed by atoms with Crippen LogP contribution in [0.5, 0.6) is 0 Å². The second-order valence-electron chi connectivity index (χ2n) is 5.25. The molecule has 0 aromatic carbocycles. The summed E-state index contributed by atoms with van der Waals surface area (Å²) in [5, 5.41) is 8.02. The van der Waals surface area contributed by atoms with Crippen LogP contribution < -0.4 is 5.32 Å². The highest BCUT2D eigenvalue weighted by atomic mass is 79.9. The molecule has 3 nitrogen and oxygen atoms in total. The fourth-order valence-corrected chi connectivity index (χ4v) is 3.04. The van der Waals surface area contributed by atoms with Gasteiger partial charge in [0.05, 0.1) is 15.9 Å². The van der Waals surface area contributed by atoms with Gasteiger partial charge in [-0.05, 0) is 61.7 Å². The molecule has 1 atom stereocenters. The quantitative estimate of drug-likeness (QED) is 0.927. The van der Waals surface area contributed by atoms with E-state index in [1.54, 1.807) is 0 Å². The van der Waals surface area contributed by atoms with Crippen LogP contribution in [0.2, 0.25) is 0 Å². The maximum absolute atomic E-state index is 4.42. The molecule has 0 amide bonds. The maximum atomic E-state index is 4.42. The third-order valence-electron chi connectivity index (χ3n) is 3.56. The average Bonchev–Trinajstić information content (AvgIpc) is 2.57. The summed E-state index contributed by atoms with van der Waals surface area (Å²) in [6.07, 6.45) is 7.37. The summed E-state index contributed by atoms with van der Waals surface area (Å²) >= 11 is 3.61. The molecule has 100 valence electrons. The predicted molar refractivity (Wildman–Crippen MR) is 79.6 cm³/mol. The van der Waals surface area contributed by atoms with Gasteiger partial charge in [-0.15, -0.1) is 0 Å². The first-order valence-electron chi connectivity index (χ1n) is 6.67. The number of hydrogen-bond donors (Lipinski definition) is 1. The van der Waals surface area contributed by atoms with Crippen LogP contribution in [0.4, 0.5) is 0 Å². The van der Waals surface area contributed by atoms with Crippen molar-refractivity contribution < 1.29 is 0 Å². The van der Waals surface area contributed by atoms with Gasteiger partial charge in [-0.25, -0.2) is 0 Å². The number of aromatic nitrogens is 2. The number of hydrogen-bond acceptors (Lipinski definition) is 2. The Balaban J connectivity index is 2.07. The number of aryl methyl sites for hydroxylation is 2. The zero-order valence-corrected chi connectivity index (χ0v) is 13.0. The van der Waals surface area contributed by atoms with E-state index in [-0.39, 0.29) is 0 Å². The lowest BCUT2D eigenvalue weighted by Crippen LogP contribution is -2.33. The molecule has 1 aliphatic rings. The Kier molecular flexibility index (Phi) is 4.62. The molecule has 1 saturated heterocycles. The van der Waals surface area contributed by atoms with Crippen molar-refractivity contribution in [1.82, 2.24) is 15.1 Å². The Hall–Kier alpha value is -0.610. The van der Waals surface area contributed by atoms with Crippen molar-refractivity contribution in [1.29, 1.82) is 0 Å². The Bertz CT molecular complexity index is 442. The van der Waals surface area contributed by atoms with Crippen LogP contribution in [0.25, 0.3) is 6.08 Å². The fourth-order valence-electron chi connectivity index (χ4n) is 2.59. The first-order chi connectivity index (χ1) is 8.58. The lowest BCUT2D eigenvalue weighted by Gasteiger charge is -2.23. The number of rotatable bonds is 3. The van der Waals surface area contributed by atoms with Gasteiger partial charge < -0.3 is 5.32 Å². The van der Waals surface area contributed by atoms with Gasteiger partial charge in [0.2, 0.25) is 0 Å². The summed E-state index contributed by atoms with van der Waals surface area (Å²) in [7, 11) is 2.00. The van der Waals surface area contributed by atoms with E-state index in [2.05, 4.69) is 39.3 Å². The summed E-state index contributed by atoms with van der Waals surface area (Å²) in [5.74, 6) is 0. The minimum atomic E-state index is 0.656. The molecular weight excluding hydrogens is 290 g/mol. The van der Waals surface area contributed by atoms with Gasteiger partial charge >= 0.3 is 0 Å². The second kappa shape index (κ2) is 6.02. The highest BCUT2D eigenvalue weighted by Crippen LogP contribution is 2.24. The van der Waals surface area contributed by atoms with Gasteiger partial charge in [-0.1, -0.05) is 12.0 Å². The van der Waals surface area contributed by atoms with Crippen LogP contribution in [0, 0.1) is 6.92 Å². The Morgan fingerprint density at radius 3 is 2.89 bits per heavy atom. The normalized spacial score (nSPS) is 21.3. The summed E-state index contributed by atoms with van der Waals surface area (Å²) in [4.78, 5) is 0. The zero-order chi connectivity index (χ0) is 13.1. The van der Waals surface area contributed by atoms with Crippen LogP contribution >= 0.6 is 15.9 Å². The first kappa shape index (κ1) is 13.8. The lowest BCUT2D eigenvalue weighted by molar-refractivity contribution is 0.399. The van der Waals surface area contributed by atoms with Crippen LogP contribution in [0.15, 0.2) is 10.0 Å². The van der Waals surface area contributed by atoms with Crippen molar-refractivity contribution in [2.75, 3.05) is 6.54 Å². The highest BCUT2D eigenvalue weighted by Gasteiger charge is 2.14. The van der Waals surface area contributed by atoms with Crippen LogP contribution in [0.3, 0.4) is 0 Å². The summed E-state index contributed by atoms with van der Waals surface area (Å²) in [6, 6.07) is 0.656. The van der Waals surface area contributed by atoms with Crippen molar-refractivity contribution in [2.45, 2.75) is 45.6 Å². The standard InChI is InChI=1S/C14H22BrN3/c1-10(8-12-6-4-5-7-16-12)9-13-14(15)11(2)17-18(13)3/h9,12,16H,4-8H2,1-3H3. The van der Waals surface area contributed by atoms with Crippen molar-refractivity contribution in [3.8, 4) is 0 Å². The summed E-state index contributed by atoms with van der Waals surface area (Å²) < 4.78 is 3.05. The predicted octanol–water partition coefficient (Wildman–Crippen LogP) is 3.43. The lowest BCUT2D eigenvalue weighted by atomic mass is 9.98. The topological polar surface area (TPSA) is 29.9 Å². The van der Waals surface area contributed by atoms with Gasteiger partial charge in [0.15, 0.2) is 0 Å². The molecule has 18 heavy (non-hydrogen) atoms. The number of halogens is 1. The number of nitrogens with zero attached hydrogens (tertiary/aromatic N) is 2. The van der Waals surface area contributed by atoms with E-state index < -0.39 is 0 Å². The Morgan fingerprint density at radius 1 is 1.56 bits per heavy atom. The molecular formula is C14H22BrN3. The molecule has 1 aromatic rings. The van der Waals surface area contributed by atoms with Crippen molar-refractivity contribution in [3.63, 3.8) is 0 Å². The highest BCUT2D eigenvalue weighted by molar-refractivity contribution is 9.10. The zero-order valence-electron chi connectivity index (χ0n) is 11.5. The Morgan fingerprint density at radius 2 is 2.33 bits per heavy atom. The minimum absolute atomic E-state index is 0.656. The number of nitrogens with one attached hydrogen (secondary N) is 1. The molecule has 1 aromatic heterocycles. The van der Waals surface area contributed by atoms with E-state index in [0.29, 0.717) is 6.04 Å². The monoisotopic (exact) mass is 311 g/mol. The largest absolute Gasteiger partial charge is 0.314 e. The molecule has 1 N–H and O–H groups in total. The van der Waals surface area contributed by atoms with E-state index in [0.717, 1.165) is 16.6 Å². The van der Waals surface area contributed by atoms with Gasteiger partial charge in [-0.3, -0.25) is 4.68 Å². The smallest absolute Gasteiger partial charge is 0.0751 e.